The van der Waals surface area contributed by atoms with Crippen LogP contribution in [0.15, 0.2) is 56.5 Å². The van der Waals surface area contributed by atoms with E-state index < -0.39 is 0 Å². The lowest BCUT2D eigenvalue weighted by Gasteiger charge is -2.10. The maximum absolute atomic E-state index is 12.3. The van der Waals surface area contributed by atoms with Gasteiger partial charge in [0.05, 0.1) is 11.2 Å². The van der Waals surface area contributed by atoms with Gasteiger partial charge in [0.25, 0.3) is 11.5 Å². The van der Waals surface area contributed by atoms with Crippen LogP contribution >= 0.6 is 31.9 Å². The summed E-state index contributed by atoms with van der Waals surface area (Å²) in [5.41, 5.74) is 1.25. The Morgan fingerprint density at radius 1 is 1.14 bits per heavy atom. The Morgan fingerprint density at radius 2 is 1.86 bits per heavy atom. The number of pyridine rings is 2. The molecular formula is C15H9Br2N3O2. The van der Waals surface area contributed by atoms with Crippen molar-refractivity contribution < 1.29 is 4.79 Å². The lowest BCUT2D eigenvalue weighted by molar-refractivity contribution is 0.102. The van der Waals surface area contributed by atoms with Gasteiger partial charge in [0.2, 0.25) is 0 Å². The lowest BCUT2D eigenvalue weighted by atomic mass is 10.1. The number of anilines is 1. The van der Waals surface area contributed by atoms with Gasteiger partial charge < -0.3 is 10.3 Å². The van der Waals surface area contributed by atoms with Crippen LogP contribution in [0.4, 0.5) is 5.69 Å². The number of hydrogen-bond acceptors (Lipinski definition) is 3. The number of nitrogens with one attached hydrogen (secondary N) is 2. The number of carbonyl (C=O) groups excluding carboxylic acids is 1. The Bertz CT molecular complexity index is 923. The Kier molecular flexibility index (Phi) is 4.08. The summed E-state index contributed by atoms with van der Waals surface area (Å²) in [5.74, 6) is -0.301. The molecule has 0 fully saturated rings. The number of hydrogen-bond donors (Lipinski definition) is 2. The van der Waals surface area contributed by atoms with Crippen molar-refractivity contribution >= 4 is 54.4 Å². The van der Waals surface area contributed by atoms with E-state index in [4.69, 9.17) is 0 Å². The van der Waals surface area contributed by atoms with E-state index in [1.807, 2.05) is 12.1 Å². The molecule has 5 nitrogen and oxygen atoms in total. The first-order valence-electron chi connectivity index (χ1n) is 6.28. The third-order valence-electron chi connectivity index (χ3n) is 3.06. The summed E-state index contributed by atoms with van der Waals surface area (Å²) in [6.45, 7) is 0. The lowest BCUT2D eigenvalue weighted by Crippen LogP contribution is -2.15. The van der Waals surface area contributed by atoms with E-state index in [0.29, 0.717) is 16.8 Å². The molecule has 0 radical (unpaired) electrons. The fraction of sp³-hybridized carbons (Fsp3) is 0. The van der Waals surface area contributed by atoms with Crippen LogP contribution in [0.3, 0.4) is 0 Å². The van der Waals surface area contributed by atoms with Gasteiger partial charge in [-0.3, -0.25) is 14.6 Å². The van der Waals surface area contributed by atoms with Gasteiger partial charge in [-0.05, 0) is 40.2 Å². The topological polar surface area (TPSA) is 74.8 Å². The zero-order valence-corrected chi connectivity index (χ0v) is 14.2. The van der Waals surface area contributed by atoms with Crippen LogP contribution in [0.5, 0.6) is 0 Å². The van der Waals surface area contributed by atoms with E-state index in [1.54, 1.807) is 12.1 Å². The predicted octanol–water partition coefficient (Wildman–Crippen LogP) is 3.70. The zero-order chi connectivity index (χ0) is 15.7. The highest BCUT2D eigenvalue weighted by atomic mass is 79.9. The SMILES string of the molecule is O=C(Nc1cc(=O)[nH]c2c(Br)cc(Br)cc12)c1ccncc1. The normalized spacial score (nSPS) is 10.6. The molecule has 0 spiro atoms. The second-order valence-corrected chi connectivity index (χ2v) is 6.32. The number of aromatic nitrogens is 2. The highest BCUT2D eigenvalue weighted by molar-refractivity contribution is 9.11. The molecule has 0 aliphatic heterocycles. The van der Waals surface area contributed by atoms with Crippen molar-refractivity contribution in [1.29, 1.82) is 0 Å². The maximum atomic E-state index is 12.3. The zero-order valence-electron chi connectivity index (χ0n) is 11.1. The van der Waals surface area contributed by atoms with Gasteiger partial charge in [-0.2, -0.15) is 0 Å². The minimum atomic E-state index is -0.301. The summed E-state index contributed by atoms with van der Waals surface area (Å²) < 4.78 is 1.56. The Hall–Kier alpha value is -1.99. The summed E-state index contributed by atoms with van der Waals surface area (Å²) in [6, 6.07) is 8.23. The van der Waals surface area contributed by atoms with Crippen LogP contribution in [0.2, 0.25) is 0 Å². The van der Waals surface area contributed by atoms with Crippen LogP contribution in [-0.2, 0) is 0 Å². The number of benzene rings is 1. The number of fused-ring (bicyclic) bond motifs is 1. The number of aromatic amines is 1. The molecule has 22 heavy (non-hydrogen) atoms. The summed E-state index contributed by atoms with van der Waals surface area (Å²) in [4.78, 5) is 30.7. The van der Waals surface area contributed by atoms with Gasteiger partial charge in [-0.25, -0.2) is 0 Å². The van der Waals surface area contributed by atoms with E-state index >= 15 is 0 Å². The molecule has 0 bridgehead atoms. The standard InChI is InChI=1S/C15H9Br2N3O2/c16-9-5-10-12(7-13(21)20-14(10)11(17)6-9)19-15(22)8-1-3-18-4-2-8/h1-7H,(H2,19,20,21,22). The average Bonchev–Trinajstić information content (AvgIpc) is 2.49. The number of halogens is 2. The van der Waals surface area contributed by atoms with E-state index in [9.17, 15) is 9.59 Å². The first kappa shape index (κ1) is 14.9. The quantitative estimate of drug-likeness (QED) is 0.661. The Balaban J connectivity index is 2.11. The molecule has 0 atom stereocenters. The van der Waals surface area contributed by atoms with Crippen LogP contribution in [-0.4, -0.2) is 15.9 Å². The third-order valence-corrected chi connectivity index (χ3v) is 4.14. The summed E-state index contributed by atoms with van der Waals surface area (Å²) in [6.07, 6.45) is 3.08. The summed E-state index contributed by atoms with van der Waals surface area (Å²) >= 11 is 6.81. The van der Waals surface area contributed by atoms with Gasteiger partial charge in [-0.15, -0.1) is 0 Å². The van der Waals surface area contributed by atoms with Crippen LogP contribution < -0.4 is 10.9 Å². The van der Waals surface area contributed by atoms with Crippen LogP contribution in [0, 0.1) is 0 Å². The maximum Gasteiger partial charge on any atom is 0.255 e. The molecule has 2 aromatic heterocycles. The minimum absolute atomic E-state index is 0.291. The molecule has 2 N–H and O–H groups in total. The highest BCUT2D eigenvalue weighted by Gasteiger charge is 2.11. The molecule has 0 unspecified atom stereocenters. The molecule has 3 aromatic rings. The molecule has 0 saturated carbocycles. The smallest absolute Gasteiger partial charge is 0.255 e. The van der Waals surface area contributed by atoms with E-state index in [-0.39, 0.29) is 11.5 Å². The molecule has 2 heterocycles. The molecule has 0 aliphatic rings. The second kappa shape index (κ2) is 6.02. The van der Waals surface area contributed by atoms with Crippen LogP contribution in [0.25, 0.3) is 10.9 Å². The number of carbonyl (C=O) groups is 1. The van der Waals surface area contributed by atoms with Crippen molar-refractivity contribution in [2.24, 2.45) is 0 Å². The monoisotopic (exact) mass is 421 g/mol. The van der Waals surface area contributed by atoms with Crippen molar-refractivity contribution in [2.45, 2.75) is 0 Å². The van der Waals surface area contributed by atoms with Crippen LogP contribution in [0.1, 0.15) is 10.4 Å². The molecular weight excluding hydrogens is 414 g/mol. The van der Waals surface area contributed by atoms with E-state index in [0.717, 1.165) is 14.3 Å². The summed E-state index contributed by atoms with van der Waals surface area (Å²) in [7, 11) is 0. The molecule has 1 aromatic carbocycles. The third kappa shape index (κ3) is 2.95. The molecule has 7 heteroatoms. The van der Waals surface area contributed by atoms with E-state index in [2.05, 4.69) is 47.1 Å². The second-order valence-electron chi connectivity index (χ2n) is 4.55. The van der Waals surface area contributed by atoms with Crippen molar-refractivity contribution in [3.05, 3.63) is 67.6 Å². The molecule has 0 aliphatic carbocycles. The fourth-order valence-corrected chi connectivity index (χ4v) is 3.41. The summed E-state index contributed by atoms with van der Waals surface area (Å²) in [5, 5.41) is 3.49. The number of nitrogens with zero attached hydrogens (tertiary/aromatic N) is 1. The van der Waals surface area contributed by atoms with Crippen molar-refractivity contribution in [3.8, 4) is 0 Å². The fourth-order valence-electron chi connectivity index (χ4n) is 2.08. The Morgan fingerprint density at radius 3 is 2.59 bits per heavy atom. The average molecular weight is 423 g/mol. The number of H-pyrrole nitrogens is 1. The van der Waals surface area contributed by atoms with Crippen molar-refractivity contribution in [3.63, 3.8) is 0 Å². The Labute approximate surface area is 142 Å². The predicted molar refractivity (Wildman–Crippen MR) is 92.2 cm³/mol. The van der Waals surface area contributed by atoms with Gasteiger partial charge >= 0.3 is 0 Å². The number of amides is 1. The molecule has 110 valence electrons. The van der Waals surface area contributed by atoms with Crippen molar-refractivity contribution in [1.82, 2.24) is 9.97 Å². The van der Waals surface area contributed by atoms with E-state index in [1.165, 1.54) is 18.5 Å². The first-order valence-corrected chi connectivity index (χ1v) is 7.86. The largest absolute Gasteiger partial charge is 0.321 e. The number of rotatable bonds is 2. The van der Waals surface area contributed by atoms with Gasteiger partial charge in [0.1, 0.15) is 0 Å². The van der Waals surface area contributed by atoms with Gasteiger partial charge in [0.15, 0.2) is 0 Å². The molecule has 3 rings (SSSR count). The van der Waals surface area contributed by atoms with Gasteiger partial charge in [-0.1, -0.05) is 15.9 Å². The molecule has 0 saturated heterocycles. The molecule has 1 amide bonds. The van der Waals surface area contributed by atoms with Crippen molar-refractivity contribution in [2.75, 3.05) is 5.32 Å². The van der Waals surface area contributed by atoms with Gasteiger partial charge in [0, 0.05) is 38.4 Å². The highest BCUT2D eigenvalue weighted by Crippen LogP contribution is 2.30. The first-order chi connectivity index (χ1) is 10.5. The minimum Gasteiger partial charge on any atom is -0.321 e.